The normalized spacial score (nSPS) is 15.9. The van der Waals surface area contributed by atoms with E-state index in [1.165, 1.54) is 4.90 Å². The number of carbonyl (C=O) groups is 3. The molecule has 0 spiro atoms. The van der Waals surface area contributed by atoms with E-state index in [0.29, 0.717) is 19.5 Å². The summed E-state index contributed by atoms with van der Waals surface area (Å²) in [6.45, 7) is 0.623. The van der Waals surface area contributed by atoms with E-state index >= 15 is 0 Å². The second-order valence-electron chi connectivity index (χ2n) is 6.73. The predicted molar refractivity (Wildman–Crippen MR) is 106 cm³/mol. The number of pyridine rings is 1. The topological polar surface area (TPSA) is 101 Å². The molecule has 4 amide bonds. The van der Waals surface area contributed by atoms with Gasteiger partial charge in [0.25, 0.3) is 5.91 Å². The van der Waals surface area contributed by atoms with E-state index in [9.17, 15) is 14.4 Å². The molecule has 1 aliphatic heterocycles. The van der Waals surface area contributed by atoms with E-state index in [2.05, 4.69) is 15.6 Å². The Bertz CT molecular complexity index is 855. The first kappa shape index (κ1) is 20.3. The van der Waals surface area contributed by atoms with Crippen LogP contribution in [0.2, 0.25) is 0 Å². The van der Waals surface area contributed by atoms with Crippen LogP contribution in [0, 0.1) is 0 Å². The summed E-state index contributed by atoms with van der Waals surface area (Å²) in [7, 11) is 1.60. The van der Waals surface area contributed by atoms with Gasteiger partial charge in [-0.3, -0.25) is 19.5 Å². The molecule has 1 atom stereocenters. The summed E-state index contributed by atoms with van der Waals surface area (Å²) < 4.78 is 5.12. The molecule has 1 saturated heterocycles. The molecule has 1 fully saturated rings. The standard InChI is InChI=1S/C21H24N4O4/c1-29-17-7-5-15(6-8-17)11-13-25-20(27)18(24-21(25)28)9-10-19(26)23-14-16-4-2-3-12-22-16/h2-8,12,18H,9-11,13-14H2,1H3,(H,23,26)(H,24,28). The van der Waals surface area contributed by atoms with Crippen molar-refractivity contribution in [3.05, 3.63) is 59.9 Å². The highest BCUT2D eigenvalue weighted by atomic mass is 16.5. The molecule has 29 heavy (non-hydrogen) atoms. The number of amides is 4. The van der Waals surface area contributed by atoms with Gasteiger partial charge in [0.1, 0.15) is 11.8 Å². The van der Waals surface area contributed by atoms with Gasteiger partial charge in [-0.05, 0) is 42.7 Å². The summed E-state index contributed by atoms with van der Waals surface area (Å²) in [4.78, 5) is 42.0. The van der Waals surface area contributed by atoms with Gasteiger partial charge in [-0.1, -0.05) is 18.2 Å². The van der Waals surface area contributed by atoms with Crippen molar-refractivity contribution in [2.24, 2.45) is 0 Å². The maximum absolute atomic E-state index is 12.5. The van der Waals surface area contributed by atoms with Crippen molar-refractivity contribution < 1.29 is 19.1 Å². The number of nitrogens with zero attached hydrogens (tertiary/aromatic N) is 2. The number of hydrogen-bond donors (Lipinski definition) is 2. The average molecular weight is 396 g/mol. The van der Waals surface area contributed by atoms with Gasteiger partial charge in [0.2, 0.25) is 5.91 Å². The Hall–Kier alpha value is -3.42. The van der Waals surface area contributed by atoms with Gasteiger partial charge in [0, 0.05) is 19.2 Å². The van der Waals surface area contributed by atoms with Gasteiger partial charge in [-0.25, -0.2) is 4.79 Å². The van der Waals surface area contributed by atoms with Crippen LogP contribution < -0.4 is 15.4 Å². The number of rotatable bonds is 9. The minimum atomic E-state index is -0.668. The van der Waals surface area contributed by atoms with Crippen LogP contribution >= 0.6 is 0 Å². The van der Waals surface area contributed by atoms with Crippen molar-refractivity contribution in [2.45, 2.75) is 31.8 Å². The molecule has 0 bridgehead atoms. The second-order valence-corrected chi connectivity index (χ2v) is 6.73. The Morgan fingerprint density at radius 1 is 1.21 bits per heavy atom. The molecule has 0 saturated carbocycles. The summed E-state index contributed by atoms with van der Waals surface area (Å²) in [5.74, 6) is 0.278. The molecule has 0 radical (unpaired) electrons. The van der Waals surface area contributed by atoms with Gasteiger partial charge >= 0.3 is 6.03 Å². The minimum absolute atomic E-state index is 0.149. The lowest BCUT2D eigenvalue weighted by atomic mass is 10.1. The molecule has 152 valence electrons. The van der Waals surface area contributed by atoms with Crippen molar-refractivity contribution >= 4 is 17.8 Å². The van der Waals surface area contributed by atoms with Crippen molar-refractivity contribution in [1.82, 2.24) is 20.5 Å². The third-order valence-electron chi connectivity index (χ3n) is 4.74. The third kappa shape index (κ3) is 5.54. The molecular weight excluding hydrogens is 372 g/mol. The SMILES string of the molecule is COc1ccc(CCN2C(=O)NC(CCC(=O)NCc3ccccn3)C2=O)cc1. The van der Waals surface area contributed by atoms with Crippen LogP contribution in [0.1, 0.15) is 24.1 Å². The second kappa shape index (κ2) is 9.68. The highest BCUT2D eigenvalue weighted by Gasteiger charge is 2.37. The number of hydrogen-bond acceptors (Lipinski definition) is 5. The van der Waals surface area contributed by atoms with E-state index in [0.717, 1.165) is 17.0 Å². The summed E-state index contributed by atoms with van der Waals surface area (Å²) in [6.07, 6.45) is 2.63. The van der Waals surface area contributed by atoms with Crippen LogP contribution in [0.15, 0.2) is 48.7 Å². The monoisotopic (exact) mass is 396 g/mol. The lowest BCUT2D eigenvalue weighted by molar-refractivity contribution is -0.127. The lowest BCUT2D eigenvalue weighted by Gasteiger charge is -2.13. The number of methoxy groups -OCH3 is 1. The number of aromatic nitrogens is 1. The molecule has 1 aromatic heterocycles. The van der Waals surface area contributed by atoms with Crippen LogP contribution in [0.5, 0.6) is 5.75 Å². The number of urea groups is 1. The maximum Gasteiger partial charge on any atom is 0.324 e. The van der Waals surface area contributed by atoms with Crippen LogP contribution in [0.3, 0.4) is 0 Å². The molecule has 2 aromatic rings. The fourth-order valence-corrected chi connectivity index (χ4v) is 3.07. The molecule has 8 nitrogen and oxygen atoms in total. The molecule has 1 unspecified atom stereocenters. The molecular formula is C21H24N4O4. The van der Waals surface area contributed by atoms with Crippen LogP contribution in [-0.4, -0.2) is 47.4 Å². The summed E-state index contributed by atoms with van der Waals surface area (Å²) >= 11 is 0. The fraction of sp³-hybridized carbons (Fsp3) is 0.333. The summed E-state index contributed by atoms with van der Waals surface area (Å²) in [6, 6.07) is 11.9. The fourth-order valence-electron chi connectivity index (χ4n) is 3.07. The van der Waals surface area contributed by atoms with Crippen molar-refractivity contribution in [3.8, 4) is 5.75 Å². The van der Waals surface area contributed by atoms with E-state index in [1.54, 1.807) is 19.4 Å². The first-order chi connectivity index (χ1) is 14.1. The van der Waals surface area contributed by atoms with Crippen LogP contribution in [0.25, 0.3) is 0 Å². The van der Waals surface area contributed by atoms with E-state index in [4.69, 9.17) is 4.74 Å². The van der Waals surface area contributed by atoms with E-state index < -0.39 is 12.1 Å². The van der Waals surface area contributed by atoms with Gasteiger partial charge in [-0.2, -0.15) is 0 Å². The molecule has 3 rings (SSSR count). The van der Waals surface area contributed by atoms with E-state index in [1.807, 2.05) is 36.4 Å². The average Bonchev–Trinajstić information content (AvgIpc) is 3.03. The first-order valence-electron chi connectivity index (χ1n) is 9.48. The van der Waals surface area contributed by atoms with Crippen LogP contribution in [-0.2, 0) is 22.6 Å². The Kier molecular flexibility index (Phi) is 6.78. The number of ether oxygens (including phenoxy) is 1. The molecule has 2 N–H and O–H groups in total. The highest BCUT2D eigenvalue weighted by Crippen LogP contribution is 2.15. The largest absolute Gasteiger partial charge is 0.497 e. The first-order valence-corrected chi connectivity index (χ1v) is 9.48. The smallest absolute Gasteiger partial charge is 0.324 e. The number of benzene rings is 1. The van der Waals surface area contributed by atoms with Gasteiger partial charge in [-0.15, -0.1) is 0 Å². The molecule has 2 heterocycles. The Labute approximate surface area is 169 Å². The van der Waals surface area contributed by atoms with Crippen molar-refractivity contribution in [3.63, 3.8) is 0 Å². The lowest BCUT2D eigenvalue weighted by Crippen LogP contribution is -2.34. The van der Waals surface area contributed by atoms with Crippen LogP contribution in [0.4, 0.5) is 4.79 Å². The van der Waals surface area contributed by atoms with Crippen molar-refractivity contribution in [1.29, 1.82) is 0 Å². The Morgan fingerprint density at radius 2 is 2.00 bits per heavy atom. The predicted octanol–water partition coefficient (Wildman–Crippen LogP) is 1.65. The zero-order valence-corrected chi connectivity index (χ0v) is 16.3. The Morgan fingerprint density at radius 3 is 2.69 bits per heavy atom. The molecule has 8 heteroatoms. The molecule has 1 aliphatic rings. The zero-order valence-electron chi connectivity index (χ0n) is 16.3. The van der Waals surface area contributed by atoms with Gasteiger partial charge < -0.3 is 15.4 Å². The van der Waals surface area contributed by atoms with Gasteiger partial charge in [0.15, 0.2) is 0 Å². The Balaban J connectivity index is 1.43. The number of nitrogens with one attached hydrogen (secondary N) is 2. The maximum atomic E-state index is 12.5. The minimum Gasteiger partial charge on any atom is -0.497 e. The molecule has 0 aliphatic carbocycles. The zero-order chi connectivity index (χ0) is 20.6. The van der Waals surface area contributed by atoms with E-state index in [-0.39, 0.29) is 24.7 Å². The molecule has 1 aromatic carbocycles. The quantitative estimate of drug-likeness (QED) is 0.628. The van der Waals surface area contributed by atoms with Crippen molar-refractivity contribution in [2.75, 3.05) is 13.7 Å². The summed E-state index contributed by atoms with van der Waals surface area (Å²) in [5.41, 5.74) is 1.76. The summed E-state index contributed by atoms with van der Waals surface area (Å²) in [5, 5.41) is 5.43. The highest BCUT2D eigenvalue weighted by molar-refractivity contribution is 6.04. The number of carbonyl (C=O) groups excluding carboxylic acids is 3. The van der Waals surface area contributed by atoms with Gasteiger partial charge in [0.05, 0.1) is 19.3 Å². The number of imide groups is 1. The third-order valence-corrected chi connectivity index (χ3v) is 4.74.